The van der Waals surface area contributed by atoms with E-state index in [4.69, 9.17) is 14.7 Å². The summed E-state index contributed by atoms with van der Waals surface area (Å²) in [6.45, 7) is 3.66. The number of aromatic nitrogens is 4. The summed E-state index contributed by atoms with van der Waals surface area (Å²) in [6, 6.07) is 14.3. The summed E-state index contributed by atoms with van der Waals surface area (Å²) >= 11 is 0. The Bertz CT molecular complexity index is 1370. The highest BCUT2D eigenvalue weighted by Crippen LogP contribution is 2.28. The number of benzene rings is 2. The second-order valence-corrected chi connectivity index (χ2v) is 7.41. The molecule has 4 rings (SSSR count). The number of amides is 1. The van der Waals surface area contributed by atoms with Crippen molar-refractivity contribution in [1.82, 2.24) is 19.9 Å². The number of hydrogen-bond donors (Lipinski definition) is 1. The van der Waals surface area contributed by atoms with Crippen molar-refractivity contribution in [3.05, 3.63) is 65.0 Å². The molecule has 0 bridgehead atoms. The van der Waals surface area contributed by atoms with Gasteiger partial charge in [-0.3, -0.25) is 4.79 Å². The van der Waals surface area contributed by atoms with Gasteiger partial charge in [0.05, 0.1) is 11.6 Å². The molecule has 32 heavy (non-hydrogen) atoms. The fourth-order valence-corrected chi connectivity index (χ4v) is 3.13. The Morgan fingerprint density at radius 1 is 1.09 bits per heavy atom. The normalized spacial score (nSPS) is 10.6. The molecule has 9 nitrogen and oxygen atoms in total. The first kappa shape index (κ1) is 20.8. The summed E-state index contributed by atoms with van der Waals surface area (Å²) in [5, 5.41) is 9.15. The molecule has 9 heteroatoms. The van der Waals surface area contributed by atoms with Gasteiger partial charge in [-0.05, 0) is 55.8 Å². The summed E-state index contributed by atoms with van der Waals surface area (Å²) in [5.74, 6) is 1.87. The van der Waals surface area contributed by atoms with E-state index in [0.29, 0.717) is 45.5 Å². The van der Waals surface area contributed by atoms with E-state index >= 15 is 0 Å². The molecule has 0 saturated heterocycles. The highest BCUT2D eigenvalue weighted by molar-refractivity contribution is 5.94. The number of H-pyrrole nitrogens is 2. The summed E-state index contributed by atoms with van der Waals surface area (Å²) in [7, 11) is 3.38. The molecule has 0 atom stereocenters. The number of nitrogens with zero attached hydrogens (tertiary/aromatic N) is 4. The minimum absolute atomic E-state index is 0.133. The van der Waals surface area contributed by atoms with Gasteiger partial charge in [-0.2, -0.15) is 15.2 Å². The number of carbonyl (C=O) groups excluding carboxylic acids is 1. The third-order valence-corrected chi connectivity index (χ3v) is 4.70. The van der Waals surface area contributed by atoms with Gasteiger partial charge in [-0.15, -0.1) is 0 Å². The lowest BCUT2D eigenvalue weighted by Gasteiger charge is -2.10. The number of fused-ring (bicyclic) bond motifs is 1. The molecular weight excluding hydrogens is 408 g/mol. The lowest BCUT2D eigenvalue weighted by Crippen LogP contribution is -2.21. The number of rotatable bonds is 5. The van der Waals surface area contributed by atoms with Gasteiger partial charge < -0.3 is 19.4 Å². The zero-order valence-corrected chi connectivity index (χ0v) is 18.1. The minimum atomic E-state index is -0.133. The van der Waals surface area contributed by atoms with E-state index in [1.165, 1.54) is 4.90 Å². The zero-order valence-electron chi connectivity index (χ0n) is 18.1. The Balaban J connectivity index is 1.70. The molecule has 2 N–H and O–H groups in total. The summed E-state index contributed by atoms with van der Waals surface area (Å²) in [4.78, 5) is 28.7. The summed E-state index contributed by atoms with van der Waals surface area (Å²) < 4.78 is 11.9. The van der Waals surface area contributed by atoms with Crippen LogP contribution in [0.15, 0.2) is 42.5 Å². The molecule has 0 unspecified atom stereocenters. The molecule has 160 valence electrons. The van der Waals surface area contributed by atoms with Crippen LogP contribution < -0.4 is 14.5 Å². The van der Waals surface area contributed by atoms with Crippen LogP contribution in [-0.4, -0.2) is 39.9 Å². The van der Waals surface area contributed by atoms with Crippen molar-refractivity contribution in [2.45, 2.75) is 13.8 Å². The number of nitrogens with one attached hydrogen (secondary N) is 2. The third-order valence-electron chi connectivity index (χ3n) is 4.70. The quantitative estimate of drug-likeness (QED) is 0.518. The Hall–Kier alpha value is -4.45. The number of ether oxygens (including phenoxy) is 2. The molecule has 0 aliphatic rings. The molecule has 0 aliphatic heterocycles. The molecule has 2 aromatic heterocycles. The maximum atomic E-state index is 12.2. The molecule has 0 radical (unpaired) electrons. The maximum Gasteiger partial charge on any atom is 0.507 e. The average Bonchev–Trinajstić information content (AvgIpc) is 3.14. The third kappa shape index (κ3) is 4.20. The van der Waals surface area contributed by atoms with Gasteiger partial charge >= 0.3 is 17.5 Å². The van der Waals surface area contributed by atoms with E-state index in [2.05, 4.69) is 26.0 Å². The highest BCUT2D eigenvalue weighted by Gasteiger charge is 2.23. The molecule has 0 fully saturated rings. The Kier molecular flexibility index (Phi) is 5.43. The van der Waals surface area contributed by atoms with Crippen molar-refractivity contribution >= 4 is 17.1 Å². The number of imidazole rings is 1. The molecule has 4 aromatic rings. The van der Waals surface area contributed by atoms with Gasteiger partial charge in [0.15, 0.2) is 5.52 Å². The van der Waals surface area contributed by atoms with E-state index in [0.717, 1.165) is 5.56 Å². The van der Waals surface area contributed by atoms with E-state index in [1.807, 2.05) is 13.8 Å². The van der Waals surface area contributed by atoms with E-state index < -0.39 is 0 Å². The van der Waals surface area contributed by atoms with Crippen LogP contribution in [0.1, 0.15) is 27.3 Å². The topological polar surface area (TPSA) is 118 Å². The summed E-state index contributed by atoms with van der Waals surface area (Å²) in [5.41, 5.74) is 2.86. The maximum absolute atomic E-state index is 12.2. The monoisotopic (exact) mass is 429 g/mol. The lowest BCUT2D eigenvalue weighted by molar-refractivity contribution is -0.405. The Morgan fingerprint density at radius 3 is 2.59 bits per heavy atom. The van der Waals surface area contributed by atoms with Crippen LogP contribution in [-0.2, 0) is 0 Å². The smallest absolute Gasteiger partial charge is 0.421 e. The zero-order chi connectivity index (χ0) is 22.8. The van der Waals surface area contributed by atoms with Crippen LogP contribution in [0.4, 0.5) is 0 Å². The SMILES string of the molecule is Cc1nc2nc(Oc3cccc(C(=O)N(C)C)c3)[nH+]c(Oc3ccc(C#N)c(C)c3)c2[nH]1. The standard InChI is InChI=1S/C23H20N6O3/c1-13-10-18(9-8-16(13)12-24)31-21-19-20(26-14(2)25-19)27-23(28-21)32-17-7-5-6-15(11-17)22(30)29(3)4/h5-11H,1-4H3,(H,25,26,27,28)/p+1. The van der Waals surface area contributed by atoms with Crippen LogP contribution in [0.3, 0.4) is 0 Å². The average molecular weight is 429 g/mol. The first-order valence-corrected chi connectivity index (χ1v) is 9.82. The van der Waals surface area contributed by atoms with Crippen LogP contribution in [0.5, 0.6) is 23.4 Å². The summed E-state index contributed by atoms with van der Waals surface area (Å²) in [6.07, 6.45) is 0. The predicted molar refractivity (Wildman–Crippen MR) is 116 cm³/mol. The van der Waals surface area contributed by atoms with Crippen LogP contribution >= 0.6 is 0 Å². The van der Waals surface area contributed by atoms with Crippen molar-refractivity contribution in [1.29, 1.82) is 5.26 Å². The van der Waals surface area contributed by atoms with Gasteiger partial charge in [0.2, 0.25) is 0 Å². The Morgan fingerprint density at radius 2 is 1.88 bits per heavy atom. The van der Waals surface area contributed by atoms with Crippen LogP contribution in [0.25, 0.3) is 11.2 Å². The second kappa shape index (κ2) is 8.35. The van der Waals surface area contributed by atoms with Gasteiger partial charge in [-0.25, -0.2) is 0 Å². The van der Waals surface area contributed by atoms with Crippen molar-refractivity contribution in [3.8, 4) is 29.5 Å². The van der Waals surface area contributed by atoms with Crippen molar-refractivity contribution < 1.29 is 19.3 Å². The molecule has 2 heterocycles. The first-order valence-electron chi connectivity index (χ1n) is 9.82. The van der Waals surface area contributed by atoms with Gasteiger partial charge in [0, 0.05) is 24.6 Å². The number of aromatic amines is 2. The van der Waals surface area contributed by atoms with Gasteiger partial charge in [0.25, 0.3) is 5.91 Å². The number of nitriles is 1. The highest BCUT2D eigenvalue weighted by atomic mass is 16.5. The number of carbonyl (C=O) groups is 1. The second-order valence-electron chi connectivity index (χ2n) is 7.41. The molecular formula is C23H21N6O3+. The fraction of sp³-hybridized carbons (Fsp3) is 0.174. The molecule has 0 spiro atoms. The van der Waals surface area contributed by atoms with Crippen LogP contribution in [0.2, 0.25) is 0 Å². The predicted octanol–water partition coefficient (Wildman–Crippen LogP) is 3.55. The molecule has 2 aromatic carbocycles. The van der Waals surface area contributed by atoms with Gasteiger partial charge in [0.1, 0.15) is 17.3 Å². The number of aryl methyl sites for hydroxylation is 2. The molecule has 1 amide bonds. The van der Waals surface area contributed by atoms with E-state index in [9.17, 15) is 4.79 Å². The first-order chi connectivity index (χ1) is 15.3. The van der Waals surface area contributed by atoms with Crippen molar-refractivity contribution in [2.75, 3.05) is 14.1 Å². The number of hydrogen-bond acceptors (Lipinski definition) is 6. The minimum Gasteiger partial charge on any atom is -0.421 e. The van der Waals surface area contributed by atoms with Crippen molar-refractivity contribution in [2.24, 2.45) is 0 Å². The van der Waals surface area contributed by atoms with E-state index in [-0.39, 0.29) is 11.9 Å². The van der Waals surface area contributed by atoms with E-state index in [1.54, 1.807) is 56.6 Å². The largest absolute Gasteiger partial charge is 0.507 e. The van der Waals surface area contributed by atoms with Gasteiger partial charge in [-0.1, -0.05) is 6.07 Å². The van der Waals surface area contributed by atoms with Crippen molar-refractivity contribution in [3.63, 3.8) is 0 Å². The molecule has 0 saturated carbocycles. The molecule has 0 aliphatic carbocycles. The van der Waals surface area contributed by atoms with Crippen LogP contribution in [0, 0.1) is 25.2 Å². The lowest BCUT2D eigenvalue weighted by atomic mass is 10.1. The Labute approximate surface area is 184 Å². The fourth-order valence-electron chi connectivity index (χ4n) is 3.13.